The Bertz CT molecular complexity index is 307. The first kappa shape index (κ1) is 10.2. The number of carbonyl (C=O) groups is 2. The molecule has 2 unspecified atom stereocenters. The maximum atomic E-state index is 11.4. The van der Waals surface area contributed by atoms with E-state index in [-0.39, 0.29) is 11.9 Å². The average Bonchev–Trinajstić information content (AvgIpc) is 2.82. The molecule has 1 saturated carbocycles. The highest BCUT2D eigenvalue weighted by Crippen LogP contribution is 2.32. The zero-order valence-electron chi connectivity index (χ0n) is 8.48. The van der Waals surface area contributed by atoms with Gasteiger partial charge in [-0.2, -0.15) is 0 Å². The molecule has 0 radical (unpaired) electrons. The molecule has 1 fully saturated rings. The summed E-state index contributed by atoms with van der Waals surface area (Å²) in [6, 6.07) is -0.0858. The topological polar surface area (TPSA) is 66.4 Å². The summed E-state index contributed by atoms with van der Waals surface area (Å²) in [6.45, 7) is 0. The van der Waals surface area contributed by atoms with E-state index in [1.54, 1.807) is 12.2 Å². The van der Waals surface area contributed by atoms with Crippen molar-refractivity contribution in [3.05, 3.63) is 12.2 Å². The number of carboxylic acid groups (broad SMARTS) is 1. The molecule has 4 nitrogen and oxygen atoms in total. The standard InChI is InChI=1S/C11H15NO3/c13-10(5-7-1-2-7)12-9-4-3-8(6-9)11(14)15/h3-4,7-9H,1-2,5-6H2,(H,12,13)(H,14,15). The lowest BCUT2D eigenvalue weighted by Crippen LogP contribution is -2.33. The maximum absolute atomic E-state index is 11.4. The normalized spacial score (nSPS) is 29.1. The molecule has 0 aromatic rings. The van der Waals surface area contributed by atoms with Crippen LogP contribution >= 0.6 is 0 Å². The number of rotatable bonds is 4. The molecule has 2 atom stereocenters. The molecule has 0 heterocycles. The monoisotopic (exact) mass is 209 g/mol. The third-order valence-electron chi connectivity index (χ3n) is 2.92. The maximum Gasteiger partial charge on any atom is 0.310 e. The van der Waals surface area contributed by atoms with Crippen molar-refractivity contribution in [2.45, 2.75) is 31.7 Å². The zero-order chi connectivity index (χ0) is 10.8. The van der Waals surface area contributed by atoms with Gasteiger partial charge in [-0.1, -0.05) is 12.2 Å². The Morgan fingerprint density at radius 2 is 2.07 bits per heavy atom. The largest absolute Gasteiger partial charge is 0.481 e. The van der Waals surface area contributed by atoms with E-state index in [1.165, 1.54) is 0 Å². The van der Waals surface area contributed by atoms with E-state index in [4.69, 9.17) is 5.11 Å². The van der Waals surface area contributed by atoms with Gasteiger partial charge >= 0.3 is 5.97 Å². The summed E-state index contributed by atoms with van der Waals surface area (Å²) in [5.74, 6) is -0.620. The Morgan fingerprint density at radius 1 is 1.33 bits per heavy atom. The van der Waals surface area contributed by atoms with Crippen LogP contribution in [0.2, 0.25) is 0 Å². The van der Waals surface area contributed by atoms with Crippen LogP contribution in [0.5, 0.6) is 0 Å². The van der Waals surface area contributed by atoms with E-state index in [9.17, 15) is 9.59 Å². The highest BCUT2D eigenvalue weighted by Gasteiger charge is 2.28. The molecular weight excluding hydrogens is 194 g/mol. The third kappa shape index (κ3) is 2.81. The molecule has 0 bridgehead atoms. The van der Waals surface area contributed by atoms with Gasteiger partial charge in [0.1, 0.15) is 0 Å². The highest BCUT2D eigenvalue weighted by molar-refractivity contribution is 5.78. The van der Waals surface area contributed by atoms with Crippen molar-refractivity contribution >= 4 is 11.9 Å². The molecule has 2 aliphatic rings. The lowest BCUT2D eigenvalue weighted by Gasteiger charge is -2.11. The second-order valence-electron chi connectivity index (χ2n) is 4.39. The fraction of sp³-hybridized carbons (Fsp3) is 0.636. The number of hydrogen-bond acceptors (Lipinski definition) is 2. The molecule has 0 aromatic heterocycles. The van der Waals surface area contributed by atoms with Crippen molar-refractivity contribution in [3.63, 3.8) is 0 Å². The number of aliphatic carboxylic acids is 1. The molecule has 2 rings (SSSR count). The van der Waals surface area contributed by atoms with Gasteiger partial charge in [0.15, 0.2) is 0 Å². The molecule has 1 amide bonds. The van der Waals surface area contributed by atoms with Crippen molar-refractivity contribution in [2.75, 3.05) is 0 Å². The molecule has 0 aromatic carbocycles. The quantitative estimate of drug-likeness (QED) is 0.677. The van der Waals surface area contributed by atoms with E-state index in [2.05, 4.69) is 5.32 Å². The number of carbonyl (C=O) groups excluding carboxylic acids is 1. The summed E-state index contributed by atoms with van der Waals surface area (Å²) in [7, 11) is 0. The first-order valence-electron chi connectivity index (χ1n) is 5.35. The van der Waals surface area contributed by atoms with Crippen molar-refractivity contribution in [1.29, 1.82) is 0 Å². The third-order valence-corrected chi connectivity index (χ3v) is 2.92. The summed E-state index contributed by atoms with van der Waals surface area (Å²) in [5, 5.41) is 11.6. The van der Waals surface area contributed by atoms with Gasteiger partial charge in [-0.25, -0.2) is 0 Å². The van der Waals surface area contributed by atoms with Crippen molar-refractivity contribution in [3.8, 4) is 0 Å². The lowest BCUT2D eigenvalue weighted by atomic mass is 10.1. The lowest BCUT2D eigenvalue weighted by molar-refractivity contribution is -0.140. The summed E-state index contributed by atoms with van der Waals surface area (Å²) >= 11 is 0. The minimum Gasteiger partial charge on any atom is -0.481 e. The van der Waals surface area contributed by atoms with Crippen molar-refractivity contribution < 1.29 is 14.7 Å². The average molecular weight is 209 g/mol. The smallest absolute Gasteiger partial charge is 0.310 e. The van der Waals surface area contributed by atoms with E-state index in [0.717, 1.165) is 12.8 Å². The van der Waals surface area contributed by atoms with Crippen LogP contribution in [0.3, 0.4) is 0 Å². The Labute approximate surface area is 88.4 Å². The van der Waals surface area contributed by atoms with Crippen molar-refractivity contribution in [2.24, 2.45) is 11.8 Å². The molecule has 0 spiro atoms. The Morgan fingerprint density at radius 3 is 2.60 bits per heavy atom. The molecule has 15 heavy (non-hydrogen) atoms. The summed E-state index contributed by atoms with van der Waals surface area (Å²) in [6.07, 6.45) is 6.85. The summed E-state index contributed by atoms with van der Waals surface area (Å²) in [5.41, 5.74) is 0. The highest BCUT2D eigenvalue weighted by atomic mass is 16.4. The van der Waals surface area contributed by atoms with Gasteiger partial charge in [0, 0.05) is 12.5 Å². The van der Waals surface area contributed by atoms with Gasteiger partial charge < -0.3 is 10.4 Å². The van der Waals surface area contributed by atoms with E-state index in [1.807, 2.05) is 0 Å². The second kappa shape index (κ2) is 4.04. The van der Waals surface area contributed by atoms with E-state index in [0.29, 0.717) is 18.8 Å². The van der Waals surface area contributed by atoms with Gasteiger partial charge in [0.2, 0.25) is 5.91 Å². The minimum absolute atomic E-state index is 0.0539. The second-order valence-corrected chi connectivity index (χ2v) is 4.39. The summed E-state index contributed by atoms with van der Waals surface area (Å²) < 4.78 is 0. The fourth-order valence-electron chi connectivity index (χ4n) is 1.84. The number of carboxylic acids is 1. The van der Waals surface area contributed by atoms with Gasteiger partial charge in [-0.3, -0.25) is 9.59 Å². The molecule has 4 heteroatoms. The Balaban J connectivity index is 1.74. The number of hydrogen-bond donors (Lipinski definition) is 2. The van der Waals surface area contributed by atoms with Crippen molar-refractivity contribution in [1.82, 2.24) is 5.32 Å². The van der Waals surface area contributed by atoms with E-state index < -0.39 is 11.9 Å². The first-order chi connectivity index (χ1) is 7.15. The van der Waals surface area contributed by atoms with Crippen LogP contribution in [0.4, 0.5) is 0 Å². The molecule has 2 aliphatic carbocycles. The predicted molar refractivity (Wildman–Crippen MR) is 54.2 cm³/mol. The van der Waals surface area contributed by atoms with Crippen LogP contribution in [0.25, 0.3) is 0 Å². The molecule has 0 saturated heterocycles. The van der Waals surface area contributed by atoms with Gasteiger partial charge in [-0.15, -0.1) is 0 Å². The number of nitrogens with one attached hydrogen (secondary N) is 1. The molecular formula is C11H15NO3. The zero-order valence-corrected chi connectivity index (χ0v) is 8.48. The van der Waals surface area contributed by atoms with Gasteiger partial charge in [0.05, 0.1) is 5.92 Å². The first-order valence-corrected chi connectivity index (χ1v) is 5.35. The molecule has 0 aliphatic heterocycles. The van der Waals surface area contributed by atoms with Crippen LogP contribution in [0.15, 0.2) is 12.2 Å². The Kier molecular flexibility index (Phi) is 2.75. The molecule has 82 valence electrons. The van der Waals surface area contributed by atoms with Gasteiger partial charge in [-0.05, 0) is 25.2 Å². The van der Waals surface area contributed by atoms with Crippen LogP contribution in [0, 0.1) is 11.8 Å². The SMILES string of the molecule is O=C(CC1CC1)NC1C=CC(C(=O)O)C1. The summed E-state index contributed by atoms with van der Waals surface area (Å²) in [4.78, 5) is 22.1. The minimum atomic E-state index is -0.815. The van der Waals surface area contributed by atoms with Crippen LogP contribution in [0.1, 0.15) is 25.7 Å². The van der Waals surface area contributed by atoms with Crippen LogP contribution in [-0.2, 0) is 9.59 Å². The van der Waals surface area contributed by atoms with Gasteiger partial charge in [0.25, 0.3) is 0 Å². The fourth-order valence-corrected chi connectivity index (χ4v) is 1.84. The number of amides is 1. The van der Waals surface area contributed by atoms with Crippen LogP contribution in [-0.4, -0.2) is 23.0 Å². The van der Waals surface area contributed by atoms with E-state index >= 15 is 0 Å². The van der Waals surface area contributed by atoms with Crippen LogP contribution < -0.4 is 5.32 Å². The Hall–Kier alpha value is -1.32. The molecule has 2 N–H and O–H groups in total. The predicted octanol–water partition coefficient (Wildman–Crippen LogP) is 0.932.